The number of benzene rings is 2. The Hall–Kier alpha value is -1.58. The highest BCUT2D eigenvalue weighted by Crippen LogP contribution is 2.23. The topological polar surface area (TPSA) is 32.3 Å². The lowest BCUT2D eigenvalue weighted by atomic mass is 10.1. The van der Waals surface area contributed by atoms with Gasteiger partial charge in [-0.15, -0.1) is 0 Å². The molecule has 2 rings (SSSR count). The maximum absolute atomic E-state index is 13.6. The second-order valence-electron chi connectivity index (χ2n) is 4.40. The third kappa shape index (κ3) is 3.46. The molecule has 0 aliphatic rings. The predicted molar refractivity (Wildman–Crippen MR) is 74.8 cm³/mol. The van der Waals surface area contributed by atoms with Crippen LogP contribution in [-0.2, 0) is 6.54 Å². The fraction of sp³-hybridized carbons (Fsp3) is 0.200. The first kappa shape index (κ1) is 13.8. The number of hydrogen-bond donors (Lipinski definition) is 2. The number of phenolic OH excluding ortho intramolecular Hbond substituents is 1. The van der Waals surface area contributed by atoms with Crippen LogP contribution in [0.2, 0.25) is 5.02 Å². The molecule has 0 saturated carbocycles. The maximum atomic E-state index is 13.6. The van der Waals surface area contributed by atoms with Gasteiger partial charge >= 0.3 is 0 Å². The van der Waals surface area contributed by atoms with Crippen LogP contribution in [0.3, 0.4) is 0 Å². The van der Waals surface area contributed by atoms with Crippen molar-refractivity contribution in [3.05, 3.63) is 64.4 Å². The monoisotopic (exact) mass is 279 g/mol. The van der Waals surface area contributed by atoms with Crippen molar-refractivity contribution in [3.8, 4) is 5.75 Å². The van der Waals surface area contributed by atoms with Crippen LogP contribution < -0.4 is 5.32 Å². The van der Waals surface area contributed by atoms with Crippen molar-refractivity contribution in [2.75, 3.05) is 0 Å². The molecule has 0 fully saturated rings. The van der Waals surface area contributed by atoms with Crippen molar-refractivity contribution in [1.82, 2.24) is 5.32 Å². The Morgan fingerprint density at radius 2 is 2.00 bits per heavy atom. The molecule has 0 saturated heterocycles. The molecule has 1 unspecified atom stereocenters. The predicted octanol–water partition coefficient (Wildman–Crippen LogP) is 4.04. The Morgan fingerprint density at radius 3 is 2.74 bits per heavy atom. The van der Waals surface area contributed by atoms with E-state index >= 15 is 0 Å². The molecule has 0 amide bonds. The molecular formula is C15H15ClFNO. The van der Waals surface area contributed by atoms with Crippen LogP contribution in [0, 0.1) is 5.82 Å². The average molecular weight is 280 g/mol. The first-order valence-corrected chi connectivity index (χ1v) is 6.41. The van der Waals surface area contributed by atoms with E-state index in [1.807, 2.05) is 6.92 Å². The highest BCUT2D eigenvalue weighted by molar-refractivity contribution is 6.30. The molecule has 0 aliphatic carbocycles. The molecule has 100 valence electrons. The molecule has 0 aliphatic heterocycles. The summed E-state index contributed by atoms with van der Waals surface area (Å²) < 4.78 is 13.6. The molecule has 2 N–H and O–H groups in total. The van der Waals surface area contributed by atoms with Crippen LogP contribution in [-0.4, -0.2) is 5.11 Å². The van der Waals surface area contributed by atoms with E-state index in [1.54, 1.807) is 36.4 Å². The van der Waals surface area contributed by atoms with Crippen molar-refractivity contribution in [2.45, 2.75) is 19.5 Å². The maximum Gasteiger partial charge on any atom is 0.127 e. The molecule has 0 radical (unpaired) electrons. The molecule has 0 bridgehead atoms. The van der Waals surface area contributed by atoms with Crippen LogP contribution in [0.5, 0.6) is 5.75 Å². The van der Waals surface area contributed by atoms with Crippen LogP contribution in [0.15, 0.2) is 42.5 Å². The van der Waals surface area contributed by atoms with Crippen LogP contribution in [0.4, 0.5) is 4.39 Å². The first-order chi connectivity index (χ1) is 9.08. The zero-order valence-electron chi connectivity index (χ0n) is 10.5. The van der Waals surface area contributed by atoms with E-state index in [1.165, 1.54) is 6.07 Å². The summed E-state index contributed by atoms with van der Waals surface area (Å²) in [5.74, 6) is -0.0598. The smallest absolute Gasteiger partial charge is 0.127 e. The third-order valence-electron chi connectivity index (χ3n) is 3.01. The zero-order valence-corrected chi connectivity index (χ0v) is 11.3. The summed E-state index contributed by atoms with van der Waals surface area (Å²) in [4.78, 5) is 0. The summed E-state index contributed by atoms with van der Waals surface area (Å²) in [6, 6.07) is 11.3. The lowest BCUT2D eigenvalue weighted by Crippen LogP contribution is -2.19. The first-order valence-electron chi connectivity index (χ1n) is 6.03. The normalized spacial score (nSPS) is 12.4. The van der Waals surface area contributed by atoms with Gasteiger partial charge in [0.1, 0.15) is 11.6 Å². The van der Waals surface area contributed by atoms with Gasteiger partial charge in [0, 0.05) is 28.7 Å². The van der Waals surface area contributed by atoms with Crippen LogP contribution in [0.1, 0.15) is 24.1 Å². The number of aromatic hydroxyl groups is 1. The highest BCUT2D eigenvalue weighted by atomic mass is 35.5. The standard InChI is InChI=1S/C15H15ClFNO/c1-10(13-4-2-3-5-14(13)17)18-9-11-8-12(16)6-7-15(11)19/h2-8,10,18-19H,9H2,1H3. The van der Waals surface area contributed by atoms with E-state index in [2.05, 4.69) is 5.32 Å². The van der Waals surface area contributed by atoms with Gasteiger partial charge in [0.25, 0.3) is 0 Å². The lowest BCUT2D eigenvalue weighted by Gasteiger charge is -2.15. The minimum Gasteiger partial charge on any atom is -0.508 e. The Labute approximate surface area is 116 Å². The molecule has 0 spiro atoms. The minimum absolute atomic E-state index is 0.153. The quantitative estimate of drug-likeness (QED) is 0.885. The van der Waals surface area contributed by atoms with Gasteiger partial charge in [-0.3, -0.25) is 0 Å². The number of phenols is 1. The molecule has 19 heavy (non-hydrogen) atoms. The van der Waals surface area contributed by atoms with E-state index < -0.39 is 0 Å². The molecule has 2 aromatic carbocycles. The molecule has 0 aromatic heterocycles. The van der Waals surface area contributed by atoms with E-state index in [-0.39, 0.29) is 17.6 Å². The Morgan fingerprint density at radius 1 is 1.26 bits per heavy atom. The number of hydrogen-bond acceptors (Lipinski definition) is 2. The van der Waals surface area contributed by atoms with Gasteiger partial charge < -0.3 is 10.4 Å². The minimum atomic E-state index is -0.238. The van der Waals surface area contributed by atoms with E-state index in [4.69, 9.17) is 11.6 Å². The van der Waals surface area contributed by atoms with Crippen molar-refractivity contribution in [2.24, 2.45) is 0 Å². The number of nitrogens with one attached hydrogen (secondary N) is 1. The average Bonchev–Trinajstić information content (AvgIpc) is 2.40. The largest absolute Gasteiger partial charge is 0.508 e. The van der Waals surface area contributed by atoms with Gasteiger partial charge in [0.2, 0.25) is 0 Å². The number of halogens is 2. The molecule has 0 heterocycles. The SMILES string of the molecule is CC(NCc1cc(Cl)ccc1O)c1ccccc1F. The van der Waals surface area contributed by atoms with Crippen molar-refractivity contribution >= 4 is 11.6 Å². The summed E-state index contributed by atoms with van der Waals surface area (Å²) in [5, 5.41) is 13.4. The van der Waals surface area contributed by atoms with Gasteiger partial charge in [-0.1, -0.05) is 29.8 Å². The Kier molecular flexibility index (Phi) is 4.40. The van der Waals surface area contributed by atoms with Crippen molar-refractivity contribution in [3.63, 3.8) is 0 Å². The van der Waals surface area contributed by atoms with E-state index in [0.717, 1.165) is 0 Å². The Bertz CT molecular complexity index is 574. The molecule has 1 atom stereocenters. The summed E-state index contributed by atoms with van der Waals surface area (Å²) in [7, 11) is 0. The molecule has 2 nitrogen and oxygen atoms in total. The molecular weight excluding hydrogens is 265 g/mol. The fourth-order valence-corrected chi connectivity index (χ4v) is 2.09. The van der Waals surface area contributed by atoms with Crippen molar-refractivity contribution < 1.29 is 9.50 Å². The van der Waals surface area contributed by atoms with Gasteiger partial charge in [-0.05, 0) is 31.2 Å². The zero-order chi connectivity index (χ0) is 13.8. The molecule has 4 heteroatoms. The third-order valence-corrected chi connectivity index (χ3v) is 3.25. The second kappa shape index (κ2) is 6.04. The van der Waals surface area contributed by atoms with Gasteiger partial charge in [0.15, 0.2) is 0 Å². The van der Waals surface area contributed by atoms with Crippen LogP contribution in [0.25, 0.3) is 0 Å². The van der Waals surface area contributed by atoms with E-state index in [9.17, 15) is 9.50 Å². The van der Waals surface area contributed by atoms with Gasteiger partial charge in [-0.25, -0.2) is 4.39 Å². The summed E-state index contributed by atoms with van der Waals surface area (Å²) >= 11 is 5.88. The summed E-state index contributed by atoms with van der Waals surface area (Å²) in [6.07, 6.45) is 0. The van der Waals surface area contributed by atoms with E-state index in [0.29, 0.717) is 22.7 Å². The van der Waals surface area contributed by atoms with Crippen molar-refractivity contribution in [1.29, 1.82) is 0 Å². The summed E-state index contributed by atoms with van der Waals surface area (Å²) in [5.41, 5.74) is 1.29. The molecule has 2 aromatic rings. The Balaban J connectivity index is 2.06. The lowest BCUT2D eigenvalue weighted by molar-refractivity contribution is 0.458. The van der Waals surface area contributed by atoms with Crippen LogP contribution >= 0.6 is 11.6 Å². The summed E-state index contributed by atoms with van der Waals surface area (Å²) in [6.45, 7) is 2.29. The fourth-order valence-electron chi connectivity index (χ4n) is 1.89. The second-order valence-corrected chi connectivity index (χ2v) is 4.83. The van der Waals surface area contributed by atoms with Gasteiger partial charge in [0.05, 0.1) is 0 Å². The number of rotatable bonds is 4. The highest BCUT2D eigenvalue weighted by Gasteiger charge is 2.10. The van der Waals surface area contributed by atoms with Gasteiger partial charge in [-0.2, -0.15) is 0 Å².